The van der Waals surface area contributed by atoms with E-state index in [-0.39, 0.29) is 37.5 Å². The molecule has 0 N–H and O–H groups in total. The molecule has 0 rings (SSSR count). The monoisotopic (exact) mass is 1130 g/mol. The Labute approximate surface area is 503 Å². The summed E-state index contributed by atoms with van der Waals surface area (Å²) in [6.45, 7) is 6.49. The van der Waals surface area contributed by atoms with Gasteiger partial charge < -0.3 is 14.2 Å². The molecule has 1 atom stereocenters. The van der Waals surface area contributed by atoms with Gasteiger partial charge in [-0.1, -0.05) is 331 Å². The van der Waals surface area contributed by atoms with Crippen LogP contribution in [0.2, 0.25) is 0 Å². The molecule has 0 fully saturated rings. The molecule has 81 heavy (non-hydrogen) atoms. The van der Waals surface area contributed by atoms with Crippen molar-refractivity contribution in [1.29, 1.82) is 0 Å². The molecule has 1 unspecified atom stereocenters. The van der Waals surface area contributed by atoms with E-state index < -0.39 is 6.10 Å². The second-order valence-electron chi connectivity index (χ2n) is 23.4. The average molecular weight is 1130 g/mol. The van der Waals surface area contributed by atoms with Crippen LogP contribution in [0, 0.1) is 0 Å². The standard InChI is InChI=1S/C75H132O6/c1-4-7-10-13-16-19-22-25-28-30-31-32-33-34-35-36-37-38-39-40-41-42-43-45-47-50-53-56-59-62-65-68-74(77)80-71-72(70-79-73(76)67-64-61-58-55-52-49-46-27-24-21-18-15-12-9-6-3)81-75(78)69-66-63-60-57-54-51-48-44-29-26-23-20-17-14-11-8-5-2/h8,11,17-18,20-21,26-27,29,46,48,51,57,60,72H,4-7,9-10,12-16,19,22-25,28,30-45,47,49-50,52-56,58-59,61-71H2,1-3H3/b11-8-,20-17-,21-18-,29-26-,46-27-,51-48-,60-57-. The fourth-order valence-electron chi connectivity index (χ4n) is 10.2. The maximum Gasteiger partial charge on any atom is 0.306 e. The van der Waals surface area contributed by atoms with E-state index in [1.807, 2.05) is 0 Å². The number of carbonyl (C=O) groups is 3. The Morgan fingerprint density at radius 1 is 0.259 bits per heavy atom. The first kappa shape index (κ1) is 77.6. The quantitative estimate of drug-likeness (QED) is 0.0261. The van der Waals surface area contributed by atoms with Crippen molar-refractivity contribution < 1.29 is 28.6 Å². The van der Waals surface area contributed by atoms with Gasteiger partial charge in [0.2, 0.25) is 0 Å². The lowest BCUT2D eigenvalue weighted by Gasteiger charge is -2.18. The smallest absolute Gasteiger partial charge is 0.306 e. The first-order valence-corrected chi connectivity index (χ1v) is 35.1. The summed E-state index contributed by atoms with van der Waals surface area (Å²) in [6.07, 6.45) is 92.1. The summed E-state index contributed by atoms with van der Waals surface area (Å²) in [5.74, 6) is -0.960. The number of unbranched alkanes of at least 4 members (excludes halogenated alkanes) is 39. The molecular weight excluding hydrogens is 997 g/mol. The molecular formula is C75H132O6. The topological polar surface area (TPSA) is 78.9 Å². The van der Waals surface area contributed by atoms with Crippen LogP contribution in [0.3, 0.4) is 0 Å². The molecule has 0 aliphatic heterocycles. The number of hydrogen-bond acceptors (Lipinski definition) is 6. The normalized spacial score (nSPS) is 12.6. The molecule has 0 saturated heterocycles. The SMILES string of the molecule is CC/C=C\C/C=C\C/C=C\C/C=C\C/C=C\CCCC(=O)OC(COC(=O)CCCCCCC/C=C\C/C=C\CCCCC)COC(=O)CCCCCCCCCCCCCCCCCCCCCCCCCCCCCCCCC. The van der Waals surface area contributed by atoms with E-state index in [0.717, 1.165) is 103 Å². The molecule has 0 aliphatic rings. The van der Waals surface area contributed by atoms with E-state index in [1.165, 1.54) is 205 Å². The minimum atomic E-state index is -0.813. The van der Waals surface area contributed by atoms with E-state index >= 15 is 0 Å². The summed E-state index contributed by atoms with van der Waals surface area (Å²) in [7, 11) is 0. The van der Waals surface area contributed by atoms with Crippen LogP contribution >= 0.6 is 0 Å². The summed E-state index contributed by atoms with van der Waals surface area (Å²) in [5, 5.41) is 0. The minimum Gasteiger partial charge on any atom is -0.462 e. The molecule has 6 nitrogen and oxygen atoms in total. The van der Waals surface area contributed by atoms with Crippen LogP contribution in [0.1, 0.15) is 355 Å². The number of esters is 3. The third-order valence-electron chi connectivity index (χ3n) is 15.4. The van der Waals surface area contributed by atoms with Gasteiger partial charge in [-0.15, -0.1) is 0 Å². The van der Waals surface area contributed by atoms with E-state index in [0.29, 0.717) is 19.3 Å². The van der Waals surface area contributed by atoms with Crippen molar-refractivity contribution in [2.24, 2.45) is 0 Å². The van der Waals surface area contributed by atoms with E-state index in [1.54, 1.807) is 0 Å². The Kier molecular flexibility index (Phi) is 66.2. The molecule has 0 bridgehead atoms. The molecule has 0 amide bonds. The summed E-state index contributed by atoms with van der Waals surface area (Å²) >= 11 is 0. The lowest BCUT2D eigenvalue weighted by Crippen LogP contribution is -2.30. The maximum absolute atomic E-state index is 12.9. The Balaban J connectivity index is 4.24. The first-order valence-electron chi connectivity index (χ1n) is 35.1. The third-order valence-corrected chi connectivity index (χ3v) is 15.4. The summed E-state index contributed by atoms with van der Waals surface area (Å²) in [4.78, 5) is 38.3. The van der Waals surface area contributed by atoms with Crippen LogP contribution in [0.25, 0.3) is 0 Å². The number of carbonyl (C=O) groups excluding carboxylic acids is 3. The fraction of sp³-hybridized carbons (Fsp3) is 0.773. The van der Waals surface area contributed by atoms with Gasteiger partial charge in [0.1, 0.15) is 13.2 Å². The van der Waals surface area contributed by atoms with Gasteiger partial charge >= 0.3 is 17.9 Å². The Morgan fingerprint density at radius 2 is 0.494 bits per heavy atom. The third kappa shape index (κ3) is 67.3. The second kappa shape index (κ2) is 69.1. The van der Waals surface area contributed by atoms with Gasteiger partial charge in [0.15, 0.2) is 6.10 Å². The summed E-state index contributed by atoms with van der Waals surface area (Å²) in [5.41, 5.74) is 0. The number of allylic oxidation sites excluding steroid dienone is 14. The van der Waals surface area contributed by atoms with Crippen LogP contribution in [-0.4, -0.2) is 37.2 Å². The van der Waals surface area contributed by atoms with Crippen molar-refractivity contribution in [3.05, 3.63) is 85.1 Å². The minimum absolute atomic E-state index is 0.101. The molecule has 0 heterocycles. The highest BCUT2D eigenvalue weighted by Gasteiger charge is 2.19. The fourth-order valence-corrected chi connectivity index (χ4v) is 10.2. The van der Waals surface area contributed by atoms with Gasteiger partial charge in [0.25, 0.3) is 0 Å². The van der Waals surface area contributed by atoms with Crippen LogP contribution in [0.4, 0.5) is 0 Å². The highest BCUT2D eigenvalue weighted by molar-refractivity contribution is 5.71. The molecule has 0 aromatic rings. The highest BCUT2D eigenvalue weighted by atomic mass is 16.6. The lowest BCUT2D eigenvalue weighted by molar-refractivity contribution is -0.167. The van der Waals surface area contributed by atoms with Gasteiger partial charge in [-0.25, -0.2) is 0 Å². The Bertz CT molecular complexity index is 1530. The summed E-state index contributed by atoms with van der Waals surface area (Å²) < 4.78 is 16.9. The van der Waals surface area contributed by atoms with Crippen molar-refractivity contribution in [3.8, 4) is 0 Å². The van der Waals surface area contributed by atoms with Gasteiger partial charge in [-0.3, -0.25) is 14.4 Å². The van der Waals surface area contributed by atoms with Crippen molar-refractivity contribution >= 4 is 17.9 Å². The van der Waals surface area contributed by atoms with E-state index in [4.69, 9.17) is 14.2 Å². The Hall–Kier alpha value is -3.41. The Morgan fingerprint density at radius 3 is 0.815 bits per heavy atom. The van der Waals surface area contributed by atoms with Crippen LogP contribution in [0.5, 0.6) is 0 Å². The average Bonchev–Trinajstić information content (AvgIpc) is 3.47. The summed E-state index contributed by atoms with van der Waals surface area (Å²) in [6, 6.07) is 0. The zero-order valence-corrected chi connectivity index (χ0v) is 53.8. The largest absolute Gasteiger partial charge is 0.462 e. The zero-order valence-electron chi connectivity index (χ0n) is 53.8. The lowest BCUT2D eigenvalue weighted by atomic mass is 10.0. The number of hydrogen-bond donors (Lipinski definition) is 0. The molecule has 0 aromatic carbocycles. The molecule has 0 saturated carbocycles. The molecule has 0 radical (unpaired) electrons. The van der Waals surface area contributed by atoms with E-state index in [2.05, 4.69) is 106 Å². The van der Waals surface area contributed by atoms with Crippen molar-refractivity contribution in [3.63, 3.8) is 0 Å². The van der Waals surface area contributed by atoms with Gasteiger partial charge in [-0.2, -0.15) is 0 Å². The predicted octanol–water partition coefficient (Wildman–Crippen LogP) is 24.2. The number of ether oxygens (including phenoxy) is 3. The second-order valence-corrected chi connectivity index (χ2v) is 23.4. The molecule has 0 aromatic heterocycles. The maximum atomic E-state index is 12.9. The van der Waals surface area contributed by atoms with Crippen molar-refractivity contribution in [2.45, 2.75) is 361 Å². The van der Waals surface area contributed by atoms with Crippen molar-refractivity contribution in [1.82, 2.24) is 0 Å². The van der Waals surface area contributed by atoms with Gasteiger partial charge in [0, 0.05) is 19.3 Å². The van der Waals surface area contributed by atoms with E-state index in [9.17, 15) is 14.4 Å². The molecule has 0 aliphatic carbocycles. The molecule has 468 valence electrons. The van der Waals surface area contributed by atoms with Crippen LogP contribution < -0.4 is 0 Å². The number of rotatable bonds is 64. The van der Waals surface area contributed by atoms with Gasteiger partial charge in [-0.05, 0) is 89.9 Å². The van der Waals surface area contributed by atoms with Crippen LogP contribution in [0.15, 0.2) is 85.1 Å². The van der Waals surface area contributed by atoms with Crippen molar-refractivity contribution in [2.75, 3.05) is 13.2 Å². The predicted molar refractivity (Wildman–Crippen MR) is 353 cm³/mol. The molecule has 0 spiro atoms. The molecule has 6 heteroatoms. The first-order chi connectivity index (χ1) is 40.0. The zero-order chi connectivity index (χ0) is 58.5. The van der Waals surface area contributed by atoms with Gasteiger partial charge in [0.05, 0.1) is 0 Å². The highest BCUT2D eigenvalue weighted by Crippen LogP contribution is 2.18. The van der Waals surface area contributed by atoms with Crippen LogP contribution in [-0.2, 0) is 28.6 Å².